The first-order valence-electron chi connectivity index (χ1n) is 8.70. The van der Waals surface area contributed by atoms with E-state index in [1.807, 2.05) is 6.92 Å². The monoisotopic (exact) mass is 331 g/mol. The lowest BCUT2D eigenvalue weighted by Gasteiger charge is -2.18. The van der Waals surface area contributed by atoms with Crippen LogP contribution >= 0.6 is 0 Å². The van der Waals surface area contributed by atoms with Crippen molar-refractivity contribution < 1.29 is 9.32 Å². The minimum Gasteiger partial charge on any atom is -0.351 e. The summed E-state index contributed by atoms with van der Waals surface area (Å²) < 4.78 is 7.27. The molecule has 1 N–H and O–H groups in total. The number of carbonyl (C=O) groups is 1. The normalized spacial score (nSPS) is 16.7. The molecule has 1 amide bonds. The van der Waals surface area contributed by atoms with Gasteiger partial charge in [-0.1, -0.05) is 31.8 Å². The number of hydrogen-bond donors (Lipinski definition) is 1. The number of hydrogen-bond acceptors (Lipinski definition) is 5. The van der Waals surface area contributed by atoms with E-state index >= 15 is 0 Å². The maximum absolute atomic E-state index is 12.4. The van der Waals surface area contributed by atoms with E-state index in [0.717, 1.165) is 30.8 Å². The first-order chi connectivity index (χ1) is 11.5. The molecule has 0 aromatic carbocycles. The molecule has 0 aliphatic heterocycles. The zero-order chi connectivity index (χ0) is 17.1. The molecule has 2 aromatic rings. The number of carbonyl (C=O) groups excluding carboxylic acids is 1. The van der Waals surface area contributed by atoms with Crippen molar-refractivity contribution in [1.29, 1.82) is 0 Å². The van der Waals surface area contributed by atoms with Gasteiger partial charge in [-0.3, -0.25) is 4.79 Å². The summed E-state index contributed by atoms with van der Waals surface area (Å²) in [4.78, 5) is 12.4. The van der Waals surface area contributed by atoms with E-state index in [4.69, 9.17) is 4.52 Å². The molecular weight excluding hydrogens is 306 g/mol. The predicted molar refractivity (Wildman–Crippen MR) is 88.5 cm³/mol. The molecule has 1 fully saturated rings. The first-order valence-corrected chi connectivity index (χ1v) is 8.70. The van der Waals surface area contributed by atoms with Crippen LogP contribution < -0.4 is 5.32 Å². The Kier molecular flexibility index (Phi) is 4.97. The quantitative estimate of drug-likeness (QED) is 0.879. The van der Waals surface area contributed by atoms with Gasteiger partial charge in [0.1, 0.15) is 6.33 Å². The Hall–Kier alpha value is -2.18. The molecule has 0 saturated heterocycles. The number of rotatable bonds is 6. The summed E-state index contributed by atoms with van der Waals surface area (Å²) in [7, 11) is 0. The summed E-state index contributed by atoms with van der Waals surface area (Å²) in [5.74, 6) is 1.22. The van der Waals surface area contributed by atoms with Gasteiger partial charge in [-0.25, -0.2) is 0 Å². The molecule has 1 aliphatic carbocycles. The number of amides is 1. The van der Waals surface area contributed by atoms with Gasteiger partial charge >= 0.3 is 0 Å². The largest absolute Gasteiger partial charge is 0.351 e. The standard InChI is InChI=1S/C17H25N5O2/c1-11(2)8-13-9-15(24-21-13)17(23)19-12(3)16-20-18-10-22(16)14-6-4-5-7-14/h9-12,14H,4-8H2,1-3H3,(H,19,23)/t12-/m1/s1. The van der Waals surface area contributed by atoms with Crippen LogP contribution in [0.5, 0.6) is 0 Å². The molecule has 1 saturated carbocycles. The topological polar surface area (TPSA) is 85.8 Å². The van der Waals surface area contributed by atoms with Crippen LogP contribution in [0.15, 0.2) is 16.9 Å². The highest BCUT2D eigenvalue weighted by atomic mass is 16.5. The lowest BCUT2D eigenvalue weighted by molar-refractivity contribution is 0.0899. The fraction of sp³-hybridized carbons (Fsp3) is 0.647. The van der Waals surface area contributed by atoms with Gasteiger partial charge in [0.05, 0.1) is 11.7 Å². The molecule has 0 unspecified atom stereocenters. The highest BCUT2D eigenvalue weighted by molar-refractivity contribution is 5.91. The Morgan fingerprint density at radius 1 is 1.38 bits per heavy atom. The highest BCUT2D eigenvalue weighted by Gasteiger charge is 2.24. The summed E-state index contributed by atoms with van der Waals surface area (Å²) in [5.41, 5.74) is 0.803. The lowest BCUT2D eigenvalue weighted by atomic mass is 10.1. The number of aromatic nitrogens is 4. The fourth-order valence-corrected chi connectivity index (χ4v) is 3.29. The molecule has 2 aromatic heterocycles. The molecule has 0 bridgehead atoms. The molecular formula is C17H25N5O2. The van der Waals surface area contributed by atoms with Crippen molar-refractivity contribution in [2.75, 3.05) is 0 Å². The van der Waals surface area contributed by atoms with Crippen molar-refractivity contribution in [3.63, 3.8) is 0 Å². The maximum Gasteiger partial charge on any atom is 0.290 e. The van der Waals surface area contributed by atoms with Gasteiger partial charge in [0.25, 0.3) is 5.91 Å². The minimum atomic E-state index is -0.272. The molecule has 7 nitrogen and oxygen atoms in total. The smallest absolute Gasteiger partial charge is 0.290 e. The Balaban J connectivity index is 1.66. The zero-order valence-electron chi connectivity index (χ0n) is 14.5. The van der Waals surface area contributed by atoms with Crippen LogP contribution in [-0.2, 0) is 6.42 Å². The molecule has 1 aliphatic rings. The van der Waals surface area contributed by atoms with Gasteiger partial charge in [0.2, 0.25) is 5.76 Å². The highest BCUT2D eigenvalue weighted by Crippen LogP contribution is 2.31. The average Bonchev–Trinajstić information content (AvgIpc) is 3.27. The first kappa shape index (κ1) is 16.7. The maximum atomic E-state index is 12.4. The van der Waals surface area contributed by atoms with Crippen molar-refractivity contribution in [1.82, 2.24) is 25.2 Å². The van der Waals surface area contributed by atoms with Crippen LogP contribution in [-0.4, -0.2) is 25.8 Å². The predicted octanol–water partition coefficient (Wildman–Crippen LogP) is 3.07. The summed E-state index contributed by atoms with van der Waals surface area (Å²) in [6.07, 6.45) is 7.32. The molecule has 1 atom stereocenters. The van der Waals surface area contributed by atoms with E-state index in [1.54, 1.807) is 12.4 Å². The molecule has 0 spiro atoms. The van der Waals surface area contributed by atoms with Crippen molar-refractivity contribution in [3.8, 4) is 0 Å². The second-order valence-electron chi connectivity index (χ2n) is 7.01. The summed E-state index contributed by atoms with van der Waals surface area (Å²) in [5, 5.41) is 15.1. The molecule has 3 rings (SSSR count). The third-order valence-corrected chi connectivity index (χ3v) is 4.45. The Morgan fingerprint density at radius 3 is 2.83 bits per heavy atom. The van der Waals surface area contributed by atoms with Crippen molar-refractivity contribution in [2.45, 2.75) is 65.0 Å². The third-order valence-electron chi connectivity index (χ3n) is 4.45. The van der Waals surface area contributed by atoms with Crippen LogP contribution in [0.3, 0.4) is 0 Å². The van der Waals surface area contributed by atoms with Gasteiger partial charge in [0, 0.05) is 12.1 Å². The summed E-state index contributed by atoms with van der Waals surface area (Å²) in [6.45, 7) is 6.12. The molecule has 7 heteroatoms. The average molecular weight is 331 g/mol. The van der Waals surface area contributed by atoms with Crippen LogP contribution in [0.1, 0.15) is 80.6 Å². The van der Waals surface area contributed by atoms with Gasteiger partial charge < -0.3 is 14.4 Å². The van der Waals surface area contributed by atoms with E-state index < -0.39 is 0 Å². The fourth-order valence-electron chi connectivity index (χ4n) is 3.29. The van der Waals surface area contributed by atoms with Crippen LogP contribution in [0.4, 0.5) is 0 Å². The van der Waals surface area contributed by atoms with Crippen LogP contribution in [0.2, 0.25) is 0 Å². The Bertz CT molecular complexity index is 685. The van der Waals surface area contributed by atoms with Crippen molar-refractivity contribution in [2.24, 2.45) is 5.92 Å². The van der Waals surface area contributed by atoms with E-state index in [9.17, 15) is 4.79 Å². The molecule has 24 heavy (non-hydrogen) atoms. The molecule has 0 radical (unpaired) electrons. The lowest BCUT2D eigenvalue weighted by Crippen LogP contribution is -2.29. The van der Waals surface area contributed by atoms with E-state index in [1.165, 1.54) is 12.8 Å². The van der Waals surface area contributed by atoms with Crippen LogP contribution in [0, 0.1) is 5.92 Å². The SMILES string of the molecule is CC(C)Cc1cc(C(=O)N[C@H](C)c2nncn2C2CCCC2)on1. The number of nitrogens with one attached hydrogen (secondary N) is 1. The van der Waals surface area contributed by atoms with Gasteiger partial charge in [-0.05, 0) is 32.1 Å². The van der Waals surface area contributed by atoms with E-state index in [2.05, 4.69) is 39.1 Å². The summed E-state index contributed by atoms with van der Waals surface area (Å²) >= 11 is 0. The zero-order valence-corrected chi connectivity index (χ0v) is 14.5. The van der Waals surface area contributed by atoms with Crippen LogP contribution in [0.25, 0.3) is 0 Å². The van der Waals surface area contributed by atoms with E-state index in [0.29, 0.717) is 12.0 Å². The number of nitrogens with zero attached hydrogens (tertiary/aromatic N) is 4. The third kappa shape index (κ3) is 3.66. The van der Waals surface area contributed by atoms with Crippen molar-refractivity contribution in [3.05, 3.63) is 29.7 Å². The molecule has 2 heterocycles. The summed E-state index contributed by atoms with van der Waals surface area (Å²) in [6, 6.07) is 1.92. The van der Waals surface area contributed by atoms with Gasteiger partial charge in [0.15, 0.2) is 5.82 Å². The Labute approximate surface area is 141 Å². The second-order valence-corrected chi connectivity index (χ2v) is 7.01. The Morgan fingerprint density at radius 2 is 2.12 bits per heavy atom. The second kappa shape index (κ2) is 7.15. The molecule has 130 valence electrons. The van der Waals surface area contributed by atoms with E-state index in [-0.39, 0.29) is 17.7 Å². The minimum absolute atomic E-state index is 0.237. The van der Waals surface area contributed by atoms with Gasteiger partial charge in [-0.2, -0.15) is 0 Å². The van der Waals surface area contributed by atoms with Crippen molar-refractivity contribution >= 4 is 5.91 Å². The van der Waals surface area contributed by atoms with Gasteiger partial charge in [-0.15, -0.1) is 10.2 Å².